The summed E-state index contributed by atoms with van der Waals surface area (Å²) in [5, 5.41) is 2.84. The third kappa shape index (κ3) is 2.54. The van der Waals surface area contributed by atoms with Crippen LogP contribution in [0.3, 0.4) is 0 Å². The van der Waals surface area contributed by atoms with Crippen LogP contribution in [0.2, 0.25) is 0 Å². The van der Waals surface area contributed by atoms with Crippen LogP contribution >= 0.6 is 0 Å². The van der Waals surface area contributed by atoms with Crippen LogP contribution in [0, 0.1) is 11.3 Å². The molecule has 0 aliphatic heterocycles. The fourth-order valence-corrected chi connectivity index (χ4v) is 1.79. The zero-order valence-corrected chi connectivity index (χ0v) is 10.7. The molecule has 92 valence electrons. The third-order valence-electron chi connectivity index (χ3n) is 3.19. The van der Waals surface area contributed by atoms with Crippen molar-refractivity contribution in [2.24, 2.45) is 11.3 Å². The number of nitrogens with one attached hydrogen (secondary N) is 1. The lowest BCUT2D eigenvalue weighted by molar-refractivity contribution is -0.118. The van der Waals surface area contributed by atoms with E-state index in [-0.39, 0.29) is 17.2 Å². The Morgan fingerprint density at radius 3 is 2.65 bits per heavy atom. The maximum Gasteiger partial charge on any atom is 0.229 e. The Labute approximate surface area is 101 Å². The van der Waals surface area contributed by atoms with Crippen LogP contribution < -0.4 is 10.2 Å². The Morgan fingerprint density at radius 2 is 2.12 bits per heavy atom. The zero-order valence-electron chi connectivity index (χ0n) is 10.7. The first-order chi connectivity index (χ1) is 7.90. The molecule has 1 aliphatic rings. The number of rotatable bonds is 3. The first kappa shape index (κ1) is 11.8. The number of nitrogens with zero attached hydrogens (tertiary/aromatic N) is 3. The molecule has 1 aliphatic carbocycles. The summed E-state index contributed by atoms with van der Waals surface area (Å²) in [5.41, 5.74) is 0.140. The highest BCUT2D eigenvalue weighted by atomic mass is 16.2. The van der Waals surface area contributed by atoms with Crippen LogP contribution in [0.5, 0.6) is 0 Å². The van der Waals surface area contributed by atoms with Gasteiger partial charge in [-0.2, -0.15) is 0 Å². The molecule has 17 heavy (non-hydrogen) atoms. The van der Waals surface area contributed by atoms with Crippen molar-refractivity contribution in [3.8, 4) is 0 Å². The predicted molar refractivity (Wildman–Crippen MR) is 66.9 cm³/mol. The SMILES string of the molecule is CN(C)c1cc(NC(=O)[C@H]2CC2(C)C)ncn1. The molecular formula is C12H18N4O. The summed E-state index contributed by atoms with van der Waals surface area (Å²) < 4.78 is 0. The van der Waals surface area contributed by atoms with Crippen LogP contribution in [0.1, 0.15) is 20.3 Å². The molecule has 1 saturated carbocycles. The topological polar surface area (TPSA) is 58.1 Å². The highest BCUT2D eigenvalue weighted by molar-refractivity contribution is 5.94. The largest absolute Gasteiger partial charge is 0.363 e. The van der Waals surface area contributed by atoms with E-state index < -0.39 is 0 Å². The van der Waals surface area contributed by atoms with Crippen molar-refractivity contribution < 1.29 is 4.79 Å². The highest BCUT2D eigenvalue weighted by Gasteiger charge is 2.50. The Morgan fingerprint density at radius 1 is 1.47 bits per heavy atom. The van der Waals surface area contributed by atoms with Crippen LogP contribution in [0.25, 0.3) is 0 Å². The molecule has 0 bridgehead atoms. The molecule has 1 aromatic heterocycles. The smallest absolute Gasteiger partial charge is 0.229 e. The van der Waals surface area contributed by atoms with Gasteiger partial charge in [0, 0.05) is 26.1 Å². The summed E-state index contributed by atoms with van der Waals surface area (Å²) in [6.07, 6.45) is 2.41. The second-order valence-corrected chi connectivity index (χ2v) is 5.39. The van der Waals surface area contributed by atoms with E-state index in [9.17, 15) is 4.79 Å². The van der Waals surface area contributed by atoms with Crippen molar-refractivity contribution in [1.82, 2.24) is 9.97 Å². The number of aromatic nitrogens is 2. The Hall–Kier alpha value is -1.65. The Kier molecular flexibility index (Phi) is 2.77. The summed E-state index contributed by atoms with van der Waals surface area (Å²) in [6.45, 7) is 4.20. The quantitative estimate of drug-likeness (QED) is 0.861. The van der Waals surface area contributed by atoms with Crippen LogP contribution in [-0.2, 0) is 4.79 Å². The third-order valence-corrected chi connectivity index (χ3v) is 3.19. The summed E-state index contributed by atoms with van der Waals surface area (Å²) in [4.78, 5) is 21.9. The van der Waals surface area contributed by atoms with Gasteiger partial charge in [0.1, 0.15) is 18.0 Å². The number of hydrogen-bond donors (Lipinski definition) is 1. The number of hydrogen-bond acceptors (Lipinski definition) is 4. The molecule has 5 heteroatoms. The molecule has 1 N–H and O–H groups in total. The number of anilines is 2. The van der Waals surface area contributed by atoms with Gasteiger partial charge in [-0.1, -0.05) is 13.8 Å². The molecule has 1 fully saturated rings. The van der Waals surface area contributed by atoms with Crippen molar-refractivity contribution in [3.63, 3.8) is 0 Å². The Balaban J connectivity index is 2.04. The predicted octanol–water partition coefficient (Wildman–Crippen LogP) is 1.53. The van der Waals surface area contributed by atoms with Crippen molar-refractivity contribution in [2.75, 3.05) is 24.3 Å². The van der Waals surface area contributed by atoms with Gasteiger partial charge in [0.15, 0.2) is 0 Å². The first-order valence-electron chi connectivity index (χ1n) is 5.70. The van der Waals surface area contributed by atoms with E-state index in [0.29, 0.717) is 5.82 Å². The van der Waals surface area contributed by atoms with Gasteiger partial charge in [0.2, 0.25) is 5.91 Å². The van der Waals surface area contributed by atoms with Crippen molar-refractivity contribution in [2.45, 2.75) is 20.3 Å². The molecule has 0 radical (unpaired) electrons. The summed E-state index contributed by atoms with van der Waals surface area (Å²) >= 11 is 0. The van der Waals surface area contributed by atoms with Gasteiger partial charge < -0.3 is 10.2 Å². The molecular weight excluding hydrogens is 216 g/mol. The molecule has 1 heterocycles. The van der Waals surface area contributed by atoms with E-state index in [1.165, 1.54) is 6.33 Å². The normalized spacial score (nSPS) is 20.8. The molecule has 0 spiro atoms. The molecule has 5 nitrogen and oxygen atoms in total. The zero-order chi connectivity index (χ0) is 12.6. The summed E-state index contributed by atoms with van der Waals surface area (Å²) in [7, 11) is 3.80. The lowest BCUT2D eigenvalue weighted by Crippen LogP contribution is -2.18. The minimum atomic E-state index is 0.0541. The second kappa shape index (κ2) is 3.98. The van der Waals surface area contributed by atoms with Gasteiger partial charge >= 0.3 is 0 Å². The monoisotopic (exact) mass is 234 g/mol. The molecule has 0 saturated heterocycles. The molecule has 2 rings (SSSR count). The highest BCUT2D eigenvalue weighted by Crippen LogP contribution is 2.51. The number of carbonyl (C=O) groups excluding carboxylic acids is 1. The van der Waals surface area contributed by atoms with Crippen LogP contribution in [0.15, 0.2) is 12.4 Å². The maximum absolute atomic E-state index is 11.9. The minimum Gasteiger partial charge on any atom is -0.363 e. The minimum absolute atomic E-state index is 0.0541. The molecule has 1 amide bonds. The van der Waals surface area contributed by atoms with Gasteiger partial charge in [0.25, 0.3) is 0 Å². The van der Waals surface area contributed by atoms with E-state index in [2.05, 4.69) is 29.1 Å². The van der Waals surface area contributed by atoms with Crippen molar-refractivity contribution in [3.05, 3.63) is 12.4 Å². The lowest BCUT2D eigenvalue weighted by Gasteiger charge is -2.12. The van der Waals surface area contributed by atoms with Gasteiger partial charge in [-0.05, 0) is 11.8 Å². The van der Waals surface area contributed by atoms with E-state index in [1.54, 1.807) is 6.07 Å². The maximum atomic E-state index is 11.9. The fraction of sp³-hybridized carbons (Fsp3) is 0.583. The lowest BCUT2D eigenvalue weighted by atomic mass is 10.1. The van der Waals surface area contributed by atoms with E-state index in [4.69, 9.17) is 0 Å². The molecule has 0 aromatic carbocycles. The van der Waals surface area contributed by atoms with Crippen LogP contribution in [0.4, 0.5) is 11.6 Å². The van der Waals surface area contributed by atoms with Gasteiger partial charge in [-0.25, -0.2) is 9.97 Å². The summed E-state index contributed by atoms with van der Waals surface area (Å²) in [5.74, 6) is 1.51. The number of carbonyl (C=O) groups is 1. The standard InChI is InChI=1S/C12H18N4O/c1-12(2)6-8(12)11(17)15-9-5-10(16(3)4)14-7-13-9/h5,7-8H,6H2,1-4H3,(H,13,14,15,17)/t8-/m1/s1. The van der Waals surface area contributed by atoms with E-state index in [1.807, 2.05) is 19.0 Å². The van der Waals surface area contributed by atoms with E-state index in [0.717, 1.165) is 12.2 Å². The first-order valence-corrected chi connectivity index (χ1v) is 5.70. The van der Waals surface area contributed by atoms with Gasteiger partial charge in [0.05, 0.1) is 0 Å². The molecule has 0 unspecified atom stereocenters. The second-order valence-electron chi connectivity index (χ2n) is 5.39. The summed E-state index contributed by atoms with van der Waals surface area (Å²) in [6, 6.07) is 1.77. The molecule has 1 atom stereocenters. The van der Waals surface area contributed by atoms with Gasteiger partial charge in [-0.3, -0.25) is 4.79 Å². The van der Waals surface area contributed by atoms with Crippen molar-refractivity contribution >= 4 is 17.5 Å². The van der Waals surface area contributed by atoms with Gasteiger partial charge in [-0.15, -0.1) is 0 Å². The fourth-order valence-electron chi connectivity index (χ4n) is 1.79. The van der Waals surface area contributed by atoms with E-state index >= 15 is 0 Å². The average molecular weight is 234 g/mol. The Bertz CT molecular complexity index is 442. The number of amides is 1. The van der Waals surface area contributed by atoms with Crippen molar-refractivity contribution in [1.29, 1.82) is 0 Å². The molecule has 1 aromatic rings. The average Bonchev–Trinajstić information content (AvgIpc) is 2.88. The van der Waals surface area contributed by atoms with Crippen LogP contribution in [-0.4, -0.2) is 30.0 Å².